The van der Waals surface area contributed by atoms with E-state index in [0.717, 1.165) is 35.8 Å². The maximum absolute atomic E-state index is 13.3. The molecule has 0 bridgehead atoms. The molecule has 4 nitrogen and oxygen atoms in total. The Kier molecular flexibility index (Phi) is 8.09. The van der Waals surface area contributed by atoms with Crippen LogP contribution in [0.1, 0.15) is 12.1 Å². The molecule has 1 aliphatic heterocycles. The van der Waals surface area contributed by atoms with Crippen molar-refractivity contribution in [3.63, 3.8) is 0 Å². The molecule has 0 aliphatic carbocycles. The molecule has 3 rings (SSSR count). The van der Waals surface area contributed by atoms with Gasteiger partial charge in [-0.15, -0.1) is 36.2 Å². The fourth-order valence-electron chi connectivity index (χ4n) is 2.66. The molecule has 0 spiro atoms. The van der Waals surface area contributed by atoms with Gasteiger partial charge < -0.3 is 10.6 Å². The van der Waals surface area contributed by atoms with Crippen molar-refractivity contribution in [1.82, 2.24) is 9.88 Å². The lowest BCUT2D eigenvalue weighted by Crippen LogP contribution is -2.31. The van der Waals surface area contributed by atoms with Gasteiger partial charge in [0.25, 0.3) is 0 Å². The van der Waals surface area contributed by atoms with Crippen LogP contribution in [0.15, 0.2) is 29.6 Å². The third-order valence-electron chi connectivity index (χ3n) is 3.93. The molecule has 1 atom stereocenters. The summed E-state index contributed by atoms with van der Waals surface area (Å²) in [5.74, 6) is 0.226. The van der Waals surface area contributed by atoms with Gasteiger partial charge in [0, 0.05) is 24.0 Å². The molecule has 2 heterocycles. The number of hydrogen-bond donors (Lipinski definition) is 1. The number of thiazole rings is 1. The predicted molar refractivity (Wildman–Crippen MR) is 99.4 cm³/mol. The normalized spacial score (nSPS) is 16.4. The van der Waals surface area contributed by atoms with E-state index in [9.17, 15) is 9.18 Å². The Labute approximate surface area is 157 Å². The Morgan fingerprint density at radius 1 is 1.42 bits per heavy atom. The molecule has 1 amide bonds. The highest BCUT2D eigenvalue weighted by molar-refractivity contribution is 7.13. The van der Waals surface area contributed by atoms with Gasteiger partial charge in [0.2, 0.25) is 5.91 Å². The van der Waals surface area contributed by atoms with Crippen molar-refractivity contribution in [2.24, 2.45) is 11.7 Å². The van der Waals surface area contributed by atoms with Gasteiger partial charge in [-0.25, -0.2) is 9.37 Å². The summed E-state index contributed by atoms with van der Waals surface area (Å²) in [7, 11) is 0. The minimum atomic E-state index is -0.282. The van der Waals surface area contributed by atoms with Gasteiger partial charge in [-0.1, -0.05) is 12.1 Å². The number of nitrogens with zero attached hydrogens (tertiary/aromatic N) is 2. The van der Waals surface area contributed by atoms with Crippen molar-refractivity contribution in [2.45, 2.75) is 12.8 Å². The second-order valence-corrected chi connectivity index (χ2v) is 6.42. The lowest BCUT2D eigenvalue weighted by molar-refractivity contribution is -0.129. The van der Waals surface area contributed by atoms with Crippen LogP contribution in [-0.2, 0) is 11.2 Å². The van der Waals surface area contributed by atoms with E-state index in [4.69, 9.17) is 5.73 Å². The Bertz CT molecular complexity index is 683. The molecular formula is C16H20Cl2FN3OS. The summed E-state index contributed by atoms with van der Waals surface area (Å²) in [6.45, 7) is 2.15. The Morgan fingerprint density at radius 3 is 2.88 bits per heavy atom. The van der Waals surface area contributed by atoms with E-state index in [1.807, 2.05) is 16.3 Å². The molecule has 0 radical (unpaired) electrons. The highest BCUT2D eigenvalue weighted by Gasteiger charge is 2.25. The van der Waals surface area contributed by atoms with Crippen LogP contribution >= 0.6 is 36.2 Å². The summed E-state index contributed by atoms with van der Waals surface area (Å²) in [6.07, 6.45) is 1.27. The monoisotopic (exact) mass is 391 g/mol. The molecule has 1 aromatic carbocycles. The van der Waals surface area contributed by atoms with Crippen LogP contribution in [0.3, 0.4) is 0 Å². The zero-order chi connectivity index (χ0) is 15.5. The van der Waals surface area contributed by atoms with E-state index in [2.05, 4.69) is 4.98 Å². The van der Waals surface area contributed by atoms with Crippen LogP contribution in [0.4, 0.5) is 4.39 Å². The summed E-state index contributed by atoms with van der Waals surface area (Å²) in [5, 5.41) is 2.61. The summed E-state index contributed by atoms with van der Waals surface area (Å²) >= 11 is 1.43. The third kappa shape index (κ3) is 4.89. The summed E-state index contributed by atoms with van der Waals surface area (Å²) < 4.78 is 13.3. The number of hydrogen-bond acceptors (Lipinski definition) is 4. The van der Waals surface area contributed by atoms with Gasteiger partial charge in [-0.3, -0.25) is 4.79 Å². The first-order chi connectivity index (χ1) is 10.7. The van der Waals surface area contributed by atoms with E-state index >= 15 is 0 Å². The molecule has 2 aromatic rings. The topological polar surface area (TPSA) is 59.2 Å². The fourth-order valence-corrected chi connectivity index (χ4v) is 3.48. The molecule has 1 fully saturated rings. The van der Waals surface area contributed by atoms with E-state index in [0.29, 0.717) is 18.9 Å². The van der Waals surface area contributed by atoms with Crippen molar-refractivity contribution in [3.05, 3.63) is 41.2 Å². The minimum Gasteiger partial charge on any atom is -0.342 e. The molecule has 1 aromatic heterocycles. The SMILES string of the molecule is Cl.Cl.NCC1CCN(C(=O)Cc2csc(-c3cccc(F)c3)n2)C1. The fraction of sp³-hybridized carbons (Fsp3) is 0.375. The Balaban J connectivity index is 0.00000144. The lowest BCUT2D eigenvalue weighted by Gasteiger charge is -2.15. The lowest BCUT2D eigenvalue weighted by atomic mass is 10.1. The van der Waals surface area contributed by atoms with E-state index in [-0.39, 0.29) is 36.5 Å². The summed E-state index contributed by atoms with van der Waals surface area (Å²) in [6, 6.07) is 6.34. The van der Waals surface area contributed by atoms with Gasteiger partial charge in [-0.2, -0.15) is 0 Å². The van der Waals surface area contributed by atoms with E-state index in [1.54, 1.807) is 6.07 Å². The largest absolute Gasteiger partial charge is 0.342 e. The average molecular weight is 392 g/mol. The number of likely N-dealkylation sites (tertiary alicyclic amines) is 1. The zero-order valence-electron chi connectivity index (χ0n) is 13.0. The molecule has 0 saturated carbocycles. The molecular weight excluding hydrogens is 372 g/mol. The number of rotatable bonds is 4. The van der Waals surface area contributed by atoms with Gasteiger partial charge in [0.15, 0.2) is 0 Å². The maximum atomic E-state index is 13.3. The minimum absolute atomic E-state index is 0. The predicted octanol–water partition coefficient (Wildman–Crippen LogP) is 3.14. The first-order valence-corrected chi connectivity index (χ1v) is 8.22. The standard InChI is InChI=1S/C16H18FN3OS.2ClH/c17-13-3-1-2-12(6-13)16-19-14(10-22-16)7-15(21)20-5-4-11(8-18)9-20;;/h1-3,6,10-11H,4-5,7-9,18H2;2*1H. The quantitative estimate of drug-likeness (QED) is 0.870. The second-order valence-electron chi connectivity index (χ2n) is 5.56. The molecule has 132 valence electrons. The smallest absolute Gasteiger partial charge is 0.228 e. The highest BCUT2D eigenvalue weighted by Crippen LogP contribution is 2.25. The number of carbonyl (C=O) groups is 1. The van der Waals surface area contributed by atoms with E-state index in [1.165, 1.54) is 23.5 Å². The second kappa shape index (κ2) is 9.32. The molecule has 24 heavy (non-hydrogen) atoms. The zero-order valence-corrected chi connectivity index (χ0v) is 15.4. The van der Waals surface area contributed by atoms with Crippen molar-refractivity contribution in [2.75, 3.05) is 19.6 Å². The summed E-state index contributed by atoms with van der Waals surface area (Å²) in [5.41, 5.74) is 7.13. The van der Waals surface area contributed by atoms with Gasteiger partial charge in [-0.05, 0) is 31.0 Å². The first kappa shape index (κ1) is 20.8. The number of amides is 1. The average Bonchev–Trinajstić information content (AvgIpc) is 3.16. The van der Waals surface area contributed by atoms with Gasteiger partial charge in [0.05, 0.1) is 12.1 Å². The van der Waals surface area contributed by atoms with Crippen LogP contribution in [-0.4, -0.2) is 35.4 Å². The van der Waals surface area contributed by atoms with Gasteiger partial charge >= 0.3 is 0 Å². The van der Waals surface area contributed by atoms with Crippen LogP contribution in [0.2, 0.25) is 0 Å². The third-order valence-corrected chi connectivity index (χ3v) is 4.87. The van der Waals surface area contributed by atoms with Crippen molar-refractivity contribution >= 4 is 42.1 Å². The maximum Gasteiger partial charge on any atom is 0.228 e. The molecule has 1 aliphatic rings. The molecule has 1 unspecified atom stereocenters. The molecule has 1 saturated heterocycles. The van der Waals surface area contributed by atoms with Crippen molar-refractivity contribution in [1.29, 1.82) is 0 Å². The Hall–Kier alpha value is -1.21. The summed E-state index contributed by atoms with van der Waals surface area (Å²) in [4.78, 5) is 18.6. The van der Waals surface area contributed by atoms with Crippen LogP contribution < -0.4 is 5.73 Å². The number of aromatic nitrogens is 1. The Morgan fingerprint density at radius 2 is 2.21 bits per heavy atom. The van der Waals surface area contributed by atoms with E-state index < -0.39 is 0 Å². The number of halogens is 3. The number of benzene rings is 1. The first-order valence-electron chi connectivity index (χ1n) is 7.34. The molecule has 2 N–H and O–H groups in total. The van der Waals surface area contributed by atoms with Gasteiger partial charge in [0.1, 0.15) is 10.8 Å². The van der Waals surface area contributed by atoms with Crippen molar-refractivity contribution < 1.29 is 9.18 Å². The molecule has 8 heteroatoms. The number of carbonyl (C=O) groups excluding carboxylic acids is 1. The van der Waals surface area contributed by atoms with Crippen LogP contribution in [0, 0.1) is 11.7 Å². The highest BCUT2D eigenvalue weighted by atomic mass is 35.5. The van der Waals surface area contributed by atoms with Crippen LogP contribution in [0.25, 0.3) is 10.6 Å². The number of nitrogens with two attached hydrogens (primary N) is 1. The van der Waals surface area contributed by atoms with Crippen LogP contribution in [0.5, 0.6) is 0 Å². The van der Waals surface area contributed by atoms with Crippen molar-refractivity contribution in [3.8, 4) is 10.6 Å².